The second kappa shape index (κ2) is 18.6. The highest BCUT2D eigenvalue weighted by molar-refractivity contribution is 5.96. The number of carbonyl (C=O) groups excluding carboxylic acids is 5. The molecule has 5 amide bonds. The summed E-state index contributed by atoms with van der Waals surface area (Å²) in [5, 5.41) is 38.4. The van der Waals surface area contributed by atoms with Crippen molar-refractivity contribution in [3.05, 3.63) is 59.7 Å². The van der Waals surface area contributed by atoms with Gasteiger partial charge in [-0.3, -0.25) is 28.8 Å². The number of nitrogens with two attached hydrogens (primary N) is 3. The molecule has 0 radical (unpaired) electrons. The molecule has 4 unspecified atom stereocenters. The van der Waals surface area contributed by atoms with Gasteiger partial charge in [-0.1, -0.05) is 24.3 Å². The van der Waals surface area contributed by atoms with E-state index >= 15 is 0 Å². The molecule has 250 valence electrons. The molecular formula is C30H41N7O9. The maximum Gasteiger partial charge on any atom is 0.305 e. The van der Waals surface area contributed by atoms with E-state index in [-0.39, 0.29) is 30.8 Å². The van der Waals surface area contributed by atoms with Crippen LogP contribution in [0, 0.1) is 0 Å². The van der Waals surface area contributed by atoms with Crippen LogP contribution in [-0.2, 0) is 41.6 Å². The Bertz CT molecular complexity index is 1350. The van der Waals surface area contributed by atoms with Crippen molar-refractivity contribution in [2.45, 2.75) is 62.7 Å². The van der Waals surface area contributed by atoms with Crippen LogP contribution < -0.4 is 38.5 Å². The third kappa shape index (κ3) is 12.8. The minimum absolute atomic E-state index is 0.0307. The summed E-state index contributed by atoms with van der Waals surface area (Å²) in [4.78, 5) is 75.7. The number of primary amides is 1. The number of hydrogen-bond donors (Lipinski definition) is 10. The monoisotopic (exact) mass is 643 g/mol. The van der Waals surface area contributed by atoms with Crippen LogP contribution in [0.5, 0.6) is 11.5 Å². The summed E-state index contributed by atoms with van der Waals surface area (Å²) in [7, 11) is 0. The normalized spacial score (nSPS) is 13.3. The van der Waals surface area contributed by atoms with Crippen molar-refractivity contribution in [3.63, 3.8) is 0 Å². The Kier molecular flexibility index (Phi) is 14.9. The van der Waals surface area contributed by atoms with E-state index in [0.29, 0.717) is 30.5 Å². The molecule has 46 heavy (non-hydrogen) atoms. The van der Waals surface area contributed by atoms with Gasteiger partial charge >= 0.3 is 5.97 Å². The van der Waals surface area contributed by atoms with Crippen molar-refractivity contribution in [1.82, 2.24) is 21.3 Å². The Morgan fingerprint density at radius 3 is 1.46 bits per heavy atom. The predicted molar refractivity (Wildman–Crippen MR) is 165 cm³/mol. The summed E-state index contributed by atoms with van der Waals surface area (Å²) >= 11 is 0. The second-order valence-electron chi connectivity index (χ2n) is 10.5. The van der Waals surface area contributed by atoms with Gasteiger partial charge in [0.25, 0.3) is 0 Å². The van der Waals surface area contributed by atoms with Gasteiger partial charge in [0.05, 0.1) is 13.0 Å². The van der Waals surface area contributed by atoms with Crippen LogP contribution in [0.2, 0.25) is 0 Å². The number of nitrogens with one attached hydrogen (secondary N) is 4. The van der Waals surface area contributed by atoms with Crippen molar-refractivity contribution >= 4 is 35.5 Å². The summed E-state index contributed by atoms with van der Waals surface area (Å²) < 4.78 is 0. The first-order valence-electron chi connectivity index (χ1n) is 14.5. The van der Waals surface area contributed by atoms with E-state index in [1.807, 2.05) is 0 Å². The molecule has 0 aliphatic carbocycles. The molecule has 0 fully saturated rings. The Balaban J connectivity index is 2.40. The lowest BCUT2D eigenvalue weighted by Gasteiger charge is -2.26. The third-order valence-electron chi connectivity index (χ3n) is 6.84. The van der Waals surface area contributed by atoms with E-state index in [1.165, 1.54) is 48.5 Å². The van der Waals surface area contributed by atoms with E-state index in [1.54, 1.807) is 0 Å². The fourth-order valence-electron chi connectivity index (χ4n) is 4.39. The van der Waals surface area contributed by atoms with Gasteiger partial charge in [0.2, 0.25) is 29.5 Å². The largest absolute Gasteiger partial charge is 0.508 e. The molecule has 0 saturated carbocycles. The van der Waals surface area contributed by atoms with Crippen LogP contribution in [0.25, 0.3) is 0 Å². The number of carboxylic acids is 1. The van der Waals surface area contributed by atoms with Crippen molar-refractivity contribution in [2.24, 2.45) is 17.2 Å². The smallest absolute Gasteiger partial charge is 0.305 e. The maximum absolute atomic E-state index is 13.7. The lowest BCUT2D eigenvalue weighted by Crippen LogP contribution is -2.59. The van der Waals surface area contributed by atoms with Crippen molar-refractivity contribution in [3.8, 4) is 11.5 Å². The van der Waals surface area contributed by atoms with Gasteiger partial charge in [0, 0.05) is 12.8 Å². The Morgan fingerprint density at radius 2 is 1.07 bits per heavy atom. The highest BCUT2D eigenvalue weighted by atomic mass is 16.4. The number of phenols is 2. The Labute approximate surface area is 265 Å². The van der Waals surface area contributed by atoms with Crippen LogP contribution >= 0.6 is 0 Å². The van der Waals surface area contributed by atoms with Gasteiger partial charge in [-0.25, -0.2) is 0 Å². The second-order valence-corrected chi connectivity index (χ2v) is 10.5. The number of unbranched alkanes of at least 4 members (excludes halogenated alkanes) is 1. The average molecular weight is 644 g/mol. The number of amides is 5. The fraction of sp³-hybridized carbons (Fsp3) is 0.400. The van der Waals surface area contributed by atoms with Gasteiger partial charge in [-0.2, -0.15) is 0 Å². The Morgan fingerprint density at radius 1 is 0.630 bits per heavy atom. The number of phenolic OH excluding ortho intramolecular Hbond substituents is 2. The van der Waals surface area contributed by atoms with Gasteiger partial charge in [0.15, 0.2) is 0 Å². The summed E-state index contributed by atoms with van der Waals surface area (Å²) in [6, 6.07) is 6.18. The quantitative estimate of drug-likeness (QED) is 0.0738. The predicted octanol–water partition coefficient (Wildman–Crippen LogP) is -2.13. The molecule has 2 rings (SSSR count). The van der Waals surface area contributed by atoms with Crippen molar-refractivity contribution in [1.29, 1.82) is 0 Å². The molecule has 16 heteroatoms. The van der Waals surface area contributed by atoms with E-state index in [0.717, 1.165) is 0 Å². The van der Waals surface area contributed by atoms with E-state index < -0.39 is 72.6 Å². The van der Waals surface area contributed by atoms with Crippen LogP contribution in [0.4, 0.5) is 0 Å². The number of carbonyl (C=O) groups is 6. The topological polar surface area (TPSA) is 289 Å². The standard InChI is InChI=1S/C30H41N7O9/c31-12-2-1-3-21(27(33)43)35-28(44)22(13-17-4-8-19(38)9-5-17)36-29(45)23(14-18-6-10-20(39)11-7-18)37-30(46)24(15-26(41)42)34-25(40)16-32/h4-11,21-24,38-39H,1-3,12-16,31-32H2,(H2,33,43)(H,34,40)(H,35,44)(H,36,45)(H,37,46)(H,41,42). The molecule has 2 aromatic carbocycles. The molecule has 4 atom stereocenters. The summed E-state index contributed by atoms with van der Waals surface area (Å²) in [5.41, 5.74) is 17.3. The third-order valence-corrected chi connectivity index (χ3v) is 6.84. The first-order valence-corrected chi connectivity index (χ1v) is 14.5. The van der Waals surface area contributed by atoms with Gasteiger partial charge in [-0.05, 0) is 61.2 Å². The zero-order chi connectivity index (χ0) is 34.2. The number of carboxylic acid groups (broad SMARTS) is 1. The molecule has 0 spiro atoms. The number of hydrogen-bond acceptors (Lipinski definition) is 10. The van der Waals surface area contributed by atoms with Crippen LogP contribution in [0.15, 0.2) is 48.5 Å². The van der Waals surface area contributed by atoms with Crippen molar-refractivity contribution < 1.29 is 44.1 Å². The number of aliphatic carboxylic acids is 1. The minimum Gasteiger partial charge on any atom is -0.508 e. The minimum atomic E-state index is -1.58. The van der Waals surface area contributed by atoms with E-state index in [4.69, 9.17) is 17.2 Å². The van der Waals surface area contributed by atoms with Crippen LogP contribution in [0.3, 0.4) is 0 Å². The first kappa shape index (κ1) is 37.0. The van der Waals surface area contributed by atoms with Crippen molar-refractivity contribution in [2.75, 3.05) is 13.1 Å². The van der Waals surface area contributed by atoms with E-state index in [2.05, 4.69) is 21.3 Å². The Hall–Kier alpha value is -5.22. The number of aromatic hydroxyl groups is 2. The first-order chi connectivity index (χ1) is 21.8. The summed E-state index contributed by atoms with van der Waals surface area (Å²) in [6.45, 7) is -0.149. The molecule has 0 aliphatic heterocycles. The maximum atomic E-state index is 13.7. The molecular weight excluding hydrogens is 602 g/mol. The van der Waals surface area contributed by atoms with Gasteiger partial charge < -0.3 is 53.8 Å². The SMILES string of the molecule is NCCCCC(NC(=O)C(Cc1ccc(O)cc1)NC(=O)C(Cc1ccc(O)cc1)NC(=O)C(CC(=O)O)NC(=O)CN)C(N)=O. The van der Waals surface area contributed by atoms with Crippen LogP contribution in [0.1, 0.15) is 36.8 Å². The van der Waals surface area contributed by atoms with Gasteiger partial charge in [-0.15, -0.1) is 0 Å². The molecule has 0 aromatic heterocycles. The number of benzene rings is 2. The fourth-order valence-corrected chi connectivity index (χ4v) is 4.39. The zero-order valence-electron chi connectivity index (χ0n) is 25.1. The van der Waals surface area contributed by atoms with Gasteiger partial charge in [0.1, 0.15) is 35.7 Å². The molecule has 0 bridgehead atoms. The lowest BCUT2D eigenvalue weighted by molar-refractivity contribution is -0.141. The molecule has 16 nitrogen and oxygen atoms in total. The highest BCUT2D eigenvalue weighted by Crippen LogP contribution is 2.14. The van der Waals surface area contributed by atoms with E-state index in [9.17, 15) is 44.1 Å². The average Bonchev–Trinajstić information content (AvgIpc) is 3.01. The molecule has 0 heterocycles. The lowest BCUT2D eigenvalue weighted by atomic mass is 10.0. The van der Waals surface area contributed by atoms with Crippen LogP contribution in [-0.4, -0.2) is 88.1 Å². The zero-order valence-corrected chi connectivity index (χ0v) is 25.1. The molecule has 2 aromatic rings. The molecule has 13 N–H and O–H groups in total. The number of rotatable bonds is 19. The summed E-state index contributed by atoms with van der Waals surface area (Å²) in [5.74, 6) is -5.71. The highest BCUT2D eigenvalue weighted by Gasteiger charge is 2.32. The summed E-state index contributed by atoms with van der Waals surface area (Å²) in [6.07, 6.45) is 0.213. The molecule has 0 aliphatic rings. The molecule has 0 saturated heterocycles.